The van der Waals surface area contributed by atoms with Gasteiger partial charge in [0, 0.05) is 18.8 Å². The molecular weight excluding hydrogens is 366 g/mol. The standard InChI is InChI=1S/C20H27NO5S/c1-27(24,25)14-15-8-10-17(11-9-15)20(23)26-13-19(22)21-12-4-6-16-5-2-3-7-18(16)21/h8-11,16,18H,2-7,12-14H2,1H3/t16-,18-/m0/s1. The molecule has 2 atom stereocenters. The Morgan fingerprint density at radius 3 is 2.44 bits per heavy atom. The Labute approximate surface area is 160 Å². The molecule has 0 N–H and O–H groups in total. The molecular formula is C20H27NO5S. The predicted octanol–water partition coefficient (Wildman–Crippen LogP) is 2.57. The van der Waals surface area contributed by atoms with Crippen molar-refractivity contribution < 1.29 is 22.7 Å². The number of benzene rings is 1. The van der Waals surface area contributed by atoms with Gasteiger partial charge in [-0.2, -0.15) is 0 Å². The topological polar surface area (TPSA) is 80.7 Å². The molecule has 0 bridgehead atoms. The average Bonchev–Trinajstić information content (AvgIpc) is 2.64. The minimum Gasteiger partial charge on any atom is -0.452 e. The van der Waals surface area contributed by atoms with Gasteiger partial charge in [0.05, 0.1) is 11.3 Å². The van der Waals surface area contributed by atoms with Gasteiger partial charge in [0.25, 0.3) is 5.91 Å². The molecule has 7 heteroatoms. The largest absolute Gasteiger partial charge is 0.452 e. The Morgan fingerprint density at radius 1 is 1.07 bits per heavy atom. The number of ether oxygens (including phenoxy) is 1. The van der Waals surface area contributed by atoms with Crippen molar-refractivity contribution in [2.75, 3.05) is 19.4 Å². The maximum Gasteiger partial charge on any atom is 0.338 e. The molecule has 1 amide bonds. The molecule has 1 aliphatic carbocycles. The van der Waals surface area contributed by atoms with Crippen molar-refractivity contribution in [2.45, 2.75) is 50.3 Å². The lowest BCUT2D eigenvalue weighted by Crippen LogP contribution is -2.50. The summed E-state index contributed by atoms with van der Waals surface area (Å²) in [5, 5.41) is 0. The van der Waals surface area contributed by atoms with E-state index in [1.807, 2.05) is 4.90 Å². The third-order valence-electron chi connectivity index (χ3n) is 5.51. The zero-order chi connectivity index (χ0) is 19.4. The van der Waals surface area contributed by atoms with Gasteiger partial charge in [-0.25, -0.2) is 13.2 Å². The highest BCUT2D eigenvalue weighted by Crippen LogP contribution is 2.35. The van der Waals surface area contributed by atoms with Crippen LogP contribution in [-0.4, -0.2) is 50.6 Å². The highest BCUT2D eigenvalue weighted by atomic mass is 32.2. The summed E-state index contributed by atoms with van der Waals surface area (Å²) in [6, 6.07) is 6.55. The zero-order valence-electron chi connectivity index (χ0n) is 15.7. The minimum absolute atomic E-state index is 0.0711. The number of likely N-dealkylation sites (tertiary alicyclic amines) is 1. The highest BCUT2D eigenvalue weighted by molar-refractivity contribution is 7.89. The fourth-order valence-corrected chi connectivity index (χ4v) is 5.07. The molecule has 2 fully saturated rings. The molecule has 0 radical (unpaired) electrons. The van der Waals surface area contributed by atoms with Crippen molar-refractivity contribution in [3.05, 3.63) is 35.4 Å². The van der Waals surface area contributed by atoms with Crippen molar-refractivity contribution in [1.29, 1.82) is 0 Å². The van der Waals surface area contributed by atoms with E-state index >= 15 is 0 Å². The molecule has 3 rings (SSSR count). The smallest absolute Gasteiger partial charge is 0.338 e. The van der Waals surface area contributed by atoms with Gasteiger partial charge in [-0.1, -0.05) is 25.0 Å². The molecule has 0 unspecified atom stereocenters. The molecule has 27 heavy (non-hydrogen) atoms. The third kappa shape index (κ3) is 5.31. The summed E-state index contributed by atoms with van der Waals surface area (Å²) in [5.74, 6) is -0.159. The first-order valence-electron chi connectivity index (χ1n) is 9.57. The Morgan fingerprint density at radius 2 is 1.74 bits per heavy atom. The number of sulfone groups is 1. The zero-order valence-corrected chi connectivity index (χ0v) is 16.5. The lowest BCUT2D eigenvalue weighted by atomic mass is 9.78. The molecule has 0 spiro atoms. The summed E-state index contributed by atoms with van der Waals surface area (Å²) in [4.78, 5) is 26.7. The van der Waals surface area contributed by atoms with Crippen LogP contribution in [0.3, 0.4) is 0 Å². The maximum absolute atomic E-state index is 12.6. The van der Waals surface area contributed by atoms with Gasteiger partial charge in [-0.15, -0.1) is 0 Å². The van der Waals surface area contributed by atoms with E-state index in [2.05, 4.69) is 0 Å². The molecule has 148 valence electrons. The van der Waals surface area contributed by atoms with Gasteiger partial charge in [0.2, 0.25) is 0 Å². The minimum atomic E-state index is -3.12. The van der Waals surface area contributed by atoms with Crippen LogP contribution in [0.4, 0.5) is 0 Å². The molecule has 2 aliphatic rings. The first kappa shape index (κ1) is 19.9. The Kier molecular flexibility index (Phi) is 6.19. The number of carbonyl (C=O) groups is 2. The number of nitrogens with zero attached hydrogens (tertiary/aromatic N) is 1. The van der Waals surface area contributed by atoms with Gasteiger partial charge < -0.3 is 9.64 Å². The third-order valence-corrected chi connectivity index (χ3v) is 6.37. The molecule has 1 saturated carbocycles. The summed E-state index contributed by atoms with van der Waals surface area (Å²) in [5.41, 5.74) is 0.927. The number of piperidine rings is 1. The van der Waals surface area contributed by atoms with Gasteiger partial charge >= 0.3 is 5.97 Å². The Hall–Kier alpha value is -1.89. The van der Waals surface area contributed by atoms with Crippen LogP contribution < -0.4 is 0 Å². The van der Waals surface area contributed by atoms with Crippen LogP contribution in [0.25, 0.3) is 0 Å². The van der Waals surface area contributed by atoms with Gasteiger partial charge in [0.15, 0.2) is 16.4 Å². The van der Waals surface area contributed by atoms with Crippen molar-refractivity contribution in [3.8, 4) is 0 Å². The number of hydrogen-bond acceptors (Lipinski definition) is 5. The van der Waals surface area contributed by atoms with Crippen LogP contribution in [-0.2, 0) is 25.1 Å². The first-order chi connectivity index (χ1) is 12.8. The molecule has 1 heterocycles. The number of fused-ring (bicyclic) bond motifs is 1. The molecule has 1 aromatic rings. The molecule has 1 aromatic carbocycles. The van der Waals surface area contributed by atoms with Crippen LogP contribution in [0.2, 0.25) is 0 Å². The summed E-state index contributed by atoms with van der Waals surface area (Å²) >= 11 is 0. The maximum atomic E-state index is 12.6. The monoisotopic (exact) mass is 393 g/mol. The number of esters is 1. The number of amides is 1. The number of rotatable bonds is 5. The molecule has 1 aliphatic heterocycles. The lowest BCUT2D eigenvalue weighted by molar-refractivity contribution is -0.140. The van der Waals surface area contributed by atoms with Crippen LogP contribution >= 0.6 is 0 Å². The van der Waals surface area contributed by atoms with Crippen LogP contribution in [0.1, 0.15) is 54.4 Å². The molecule has 6 nitrogen and oxygen atoms in total. The van der Waals surface area contributed by atoms with Crippen molar-refractivity contribution in [1.82, 2.24) is 4.90 Å². The summed E-state index contributed by atoms with van der Waals surface area (Å²) in [6.07, 6.45) is 8.01. The van der Waals surface area contributed by atoms with Crippen molar-refractivity contribution in [3.63, 3.8) is 0 Å². The molecule has 0 aromatic heterocycles. The Bertz CT molecular complexity index is 785. The summed E-state index contributed by atoms with van der Waals surface area (Å²) in [6.45, 7) is 0.505. The van der Waals surface area contributed by atoms with Crippen molar-refractivity contribution in [2.24, 2.45) is 5.92 Å². The van der Waals surface area contributed by atoms with Gasteiger partial charge in [0.1, 0.15) is 0 Å². The van der Waals surface area contributed by atoms with Crippen LogP contribution in [0, 0.1) is 5.92 Å². The fourth-order valence-electron chi connectivity index (χ4n) is 4.27. The second kappa shape index (κ2) is 8.42. The predicted molar refractivity (Wildman–Crippen MR) is 102 cm³/mol. The van der Waals surface area contributed by atoms with E-state index < -0.39 is 15.8 Å². The number of carbonyl (C=O) groups excluding carboxylic acids is 2. The normalized spacial score (nSPS) is 22.8. The molecule has 1 saturated heterocycles. The van der Waals surface area contributed by atoms with Crippen LogP contribution in [0.15, 0.2) is 24.3 Å². The van der Waals surface area contributed by atoms with Crippen LogP contribution in [0.5, 0.6) is 0 Å². The number of hydrogen-bond donors (Lipinski definition) is 0. The fraction of sp³-hybridized carbons (Fsp3) is 0.600. The second-order valence-corrected chi connectivity index (χ2v) is 9.82. The van der Waals surface area contributed by atoms with Gasteiger partial charge in [-0.05, 0) is 49.3 Å². The van der Waals surface area contributed by atoms with Gasteiger partial charge in [-0.3, -0.25) is 4.79 Å². The van der Waals surface area contributed by atoms with Crippen molar-refractivity contribution >= 4 is 21.7 Å². The van der Waals surface area contributed by atoms with E-state index in [-0.39, 0.29) is 18.3 Å². The van der Waals surface area contributed by atoms with E-state index in [1.54, 1.807) is 12.1 Å². The van der Waals surface area contributed by atoms with E-state index in [0.717, 1.165) is 32.1 Å². The first-order valence-corrected chi connectivity index (χ1v) is 11.6. The van der Waals surface area contributed by atoms with E-state index in [0.29, 0.717) is 23.1 Å². The SMILES string of the molecule is CS(=O)(=O)Cc1ccc(C(=O)OCC(=O)N2CCC[C@@H]3CCCC[C@@H]32)cc1. The second-order valence-electron chi connectivity index (χ2n) is 7.68. The van der Waals surface area contributed by atoms with E-state index in [4.69, 9.17) is 4.74 Å². The van der Waals surface area contributed by atoms with E-state index in [1.165, 1.54) is 31.4 Å². The highest BCUT2D eigenvalue weighted by Gasteiger charge is 2.35. The quantitative estimate of drug-likeness (QED) is 0.718. The summed E-state index contributed by atoms with van der Waals surface area (Å²) < 4.78 is 27.8. The summed E-state index contributed by atoms with van der Waals surface area (Å²) in [7, 11) is -3.12. The van der Waals surface area contributed by atoms with E-state index in [9.17, 15) is 18.0 Å². The lowest BCUT2D eigenvalue weighted by Gasteiger charge is -2.44. The Balaban J connectivity index is 1.54. The average molecular weight is 394 g/mol.